The van der Waals surface area contributed by atoms with Crippen molar-refractivity contribution in [2.24, 2.45) is 0 Å². The molecule has 1 N–H and O–H groups in total. The summed E-state index contributed by atoms with van der Waals surface area (Å²) in [5, 5.41) is 20.7. The lowest BCUT2D eigenvalue weighted by Crippen LogP contribution is -2.15. The quantitative estimate of drug-likeness (QED) is 0.343. The lowest BCUT2D eigenvalue weighted by molar-refractivity contribution is -0.384. The monoisotopic (exact) mass is 439 g/mol. The minimum atomic E-state index is -0.581. The van der Waals surface area contributed by atoms with E-state index in [1.54, 1.807) is 13.0 Å². The third-order valence-corrected chi connectivity index (χ3v) is 5.37. The van der Waals surface area contributed by atoms with Crippen molar-refractivity contribution in [3.8, 4) is 16.4 Å². The number of aromatic nitrogens is 3. The molecule has 2 aromatic carbocycles. The fraction of sp³-hybridized carbons (Fsp3) is 0.0500. The van der Waals surface area contributed by atoms with Gasteiger partial charge in [-0.05, 0) is 13.0 Å². The maximum atomic E-state index is 12.8. The van der Waals surface area contributed by atoms with Gasteiger partial charge in [0, 0.05) is 29.1 Å². The molecule has 10 heteroatoms. The van der Waals surface area contributed by atoms with Crippen LogP contribution in [0.3, 0.4) is 0 Å². The van der Waals surface area contributed by atoms with Crippen LogP contribution in [0, 0.1) is 17.0 Å². The second-order valence-electron chi connectivity index (χ2n) is 6.34. The minimum Gasteiger partial charge on any atom is -0.306 e. The second-order valence-corrected chi connectivity index (χ2v) is 7.58. The molecule has 4 rings (SSSR count). The van der Waals surface area contributed by atoms with Gasteiger partial charge in [0.05, 0.1) is 26.9 Å². The standard InChI is InChI=1S/C20H14ClN5O3S/c1-12-9-18(23-19(27)15-10-14(26(28)29)7-8-16(15)21)25(24-12)20-22-17(11-30-20)13-5-3-2-4-6-13/h2-11H,1H3,(H,23,27). The largest absolute Gasteiger partial charge is 0.306 e. The molecule has 30 heavy (non-hydrogen) atoms. The van der Waals surface area contributed by atoms with Gasteiger partial charge in [-0.1, -0.05) is 41.9 Å². The Kier molecular flexibility index (Phi) is 5.30. The van der Waals surface area contributed by atoms with Crippen LogP contribution in [0.2, 0.25) is 5.02 Å². The third-order valence-electron chi connectivity index (χ3n) is 4.22. The molecule has 1 amide bonds. The number of halogens is 1. The van der Waals surface area contributed by atoms with Crippen LogP contribution in [-0.2, 0) is 0 Å². The van der Waals surface area contributed by atoms with E-state index in [-0.39, 0.29) is 16.3 Å². The Morgan fingerprint density at radius 2 is 1.97 bits per heavy atom. The number of non-ortho nitro benzene ring substituents is 1. The Balaban J connectivity index is 1.65. The zero-order valence-corrected chi connectivity index (χ0v) is 17.1. The highest BCUT2D eigenvalue weighted by Gasteiger charge is 2.19. The average molecular weight is 440 g/mol. The molecule has 0 unspecified atom stereocenters. The molecular formula is C20H14ClN5O3S. The summed E-state index contributed by atoms with van der Waals surface area (Å²) in [4.78, 5) is 27.8. The number of nitro groups is 1. The summed E-state index contributed by atoms with van der Waals surface area (Å²) >= 11 is 7.46. The SMILES string of the molecule is Cc1cc(NC(=O)c2cc([N+](=O)[O-])ccc2Cl)n(-c2nc(-c3ccccc3)cs2)n1. The number of nitrogens with zero attached hydrogens (tertiary/aromatic N) is 4. The number of hydrogen-bond donors (Lipinski definition) is 1. The van der Waals surface area contributed by atoms with E-state index in [2.05, 4.69) is 15.4 Å². The van der Waals surface area contributed by atoms with Gasteiger partial charge in [-0.2, -0.15) is 9.78 Å². The number of amides is 1. The highest BCUT2D eigenvalue weighted by molar-refractivity contribution is 7.12. The van der Waals surface area contributed by atoms with Crippen molar-refractivity contribution < 1.29 is 9.72 Å². The van der Waals surface area contributed by atoms with E-state index >= 15 is 0 Å². The molecule has 0 fully saturated rings. The number of carbonyl (C=O) groups is 1. The van der Waals surface area contributed by atoms with Crippen molar-refractivity contribution in [3.05, 3.63) is 86.4 Å². The summed E-state index contributed by atoms with van der Waals surface area (Å²) in [7, 11) is 0. The molecule has 0 saturated carbocycles. The predicted octanol–water partition coefficient (Wildman–Crippen LogP) is 5.12. The molecule has 150 valence electrons. The number of nitrogens with one attached hydrogen (secondary N) is 1. The zero-order valence-electron chi connectivity index (χ0n) is 15.6. The van der Waals surface area contributed by atoms with Crippen LogP contribution in [-0.4, -0.2) is 25.6 Å². The summed E-state index contributed by atoms with van der Waals surface area (Å²) in [5.41, 5.74) is 2.22. The van der Waals surface area contributed by atoms with E-state index in [4.69, 9.17) is 11.6 Å². The van der Waals surface area contributed by atoms with Crippen molar-refractivity contribution in [3.63, 3.8) is 0 Å². The van der Waals surface area contributed by atoms with Gasteiger partial charge in [0.25, 0.3) is 11.6 Å². The highest BCUT2D eigenvalue weighted by atomic mass is 35.5. The molecule has 8 nitrogen and oxygen atoms in total. The zero-order chi connectivity index (χ0) is 21.3. The van der Waals surface area contributed by atoms with E-state index in [9.17, 15) is 14.9 Å². The summed E-state index contributed by atoms with van der Waals surface area (Å²) < 4.78 is 1.52. The molecule has 4 aromatic rings. The Morgan fingerprint density at radius 3 is 2.70 bits per heavy atom. The van der Waals surface area contributed by atoms with Crippen LogP contribution in [0.4, 0.5) is 11.5 Å². The summed E-state index contributed by atoms with van der Waals surface area (Å²) in [6, 6.07) is 15.1. The van der Waals surface area contributed by atoms with Gasteiger partial charge in [0.2, 0.25) is 5.13 Å². The average Bonchev–Trinajstić information content (AvgIpc) is 3.35. The lowest BCUT2D eigenvalue weighted by Gasteiger charge is -2.08. The molecule has 0 bridgehead atoms. The van der Waals surface area contributed by atoms with Crippen LogP contribution in [0.25, 0.3) is 16.4 Å². The molecule has 2 heterocycles. The minimum absolute atomic E-state index is 0.000355. The van der Waals surface area contributed by atoms with Crippen molar-refractivity contribution >= 4 is 40.4 Å². The fourth-order valence-electron chi connectivity index (χ4n) is 2.82. The smallest absolute Gasteiger partial charge is 0.270 e. The van der Waals surface area contributed by atoms with Gasteiger partial charge in [0.15, 0.2) is 0 Å². The maximum absolute atomic E-state index is 12.8. The number of benzene rings is 2. The maximum Gasteiger partial charge on any atom is 0.270 e. The highest BCUT2D eigenvalue weighted by Crippen LogP contribution is 2.27. The van der Waals surface area contributed by atoms with Crippen molar-refractivity contribution in [1.29, 1.82) is 0 Å². The second kappa shape index (κ2) is 8.05. The van der Waals surface area contributed by atoms with E-state index in [0.29, 0.717) is 16.6 Å². The number of rotatable bonds is 5. The van der Waals surface area contributed by atoms with Gasteiger partial charge in [-0.25, -0.2) is 4.98 Å². The Hall–Kier alpha value is -3.56. The number of nitro benzene ring substituents is 1. The van der Waals surface area contributed by atoms with Crippen LogP contribution < -0.4 is 5.32 Å². The van der Waals surface area contributed by atoms with Crippen LogP contribution in [0.15, 0.2) is 60.0 Å². The van der Waals surface area contributed by atoms with Gasteiger partial charge in [0.1, 0.15) is 5.82 Å². The molecule has 0 spiro atoms. The first-order chi connectivity index (χ1) is 14.4. The number of carbonyl (C=O) groups excluding carboxylic acids is 1. The number of anilines is 1. The molecule has 0 radical (unpaired) electrons. The normalized spacial score (nSPS) is 10.7. The molecular weight excluding hydrogens is 426 g/mol. The molecule has 2 aromatic heterocycles. The number of hydrogen-bond acceptors (Lipinski definition) is 6. The predicted molar refractivity (Wildman–Crippen MR) is 115 cm³/mol. The van der Waals surface area contributed by atoms with E-state index in [0.717, 1.165) is 17.3 Å². The van der Waals surface area contributed by atoms with Crippen LogP contribution in [0.5, 0.6) is 0 Å². The molecule has 0 aliphatic rings. The molecule has 0 aliphatic heterocycles. The van der Waals surface area contributed by atoms with Gasteiger partial charge < -0.3 is 5.32 Å². The Morgan fingerprint density at radius 1 is 1.20 bits per heavy atom. The summed E-state index contributed by atoms with van der Waals surface area (Å²) in [6.07, 6.45) is 0. The van der Waals surface area contributed by atoms with Crippen molar-refractivity contribution in [2.45, 2.75) is 6.92 Å². The van der Waals surface area contributed by atoms with Gasteiger partial charge in [-0.3, -0.25) is 14.9 Å². The Bertz CT molecular complexity index is 1250. The van der Waals surface area contributed by atoms with E-state index in [1.165, 1.54) is 28.2 Å². The molecule has 0 saturated heterocycles. The topological polar surface area (TPSA) is 103 Å². The first-order valence-electron chi connectivity index (χ1n) is 8.75. The first kappa shape index (κ1) is 19.7. The first-order valence-corrected chi connectivity index (χ1v) is 10.0. The van der Waals surface area contributed by atoms with Crippen molar-refractivity contribution in [2.75, 3.05) is 5.32 Å². The number of aryl methyl sites for hydroxylation is 1. The van der Waals surface area contributed by atoms with Crippen molar-refractivity contribution in [1.82, 2.24) is 14.8 Å². The van der Waals surface area contributed by atoms with Crippen LogP contribution >= 0.6 is 22.9 Å². The molecule has 0 atom stereocenters. The van der Waals surface area contributed by atoms with Crippen LogP contribution in [0.1, 0.15) is 16.1 Å². The Labute approximate surface area is 179 Å². The van der Waals surface area contributed by atoms with Gasteiger partial charge in [-0.15, -0.1) is 11.3 Å². The summed E-state index contributed by atoms with van der Waals surface area (Å²) in [6.45, 7) is 1.79. The number of thiazole rings is 1. The third kappa shape index (κ3) is 3.93. The summed E-state index contributed by atoms with van der Waals surface area (Å²) in [5.74, 6) is -0.196. The lowest BCUT2D eigenvalue weighted by atomic mass is 10.2. The fourth-order valence-corrected chi connectivity index (χ4v) is 3.82. The van der Waals surface area contributed by atoms with E-state index < -0.39 is 10.8 Å². The van der Waals surface area contributed by atoms with E-state index in [1.807, 2.05) is 35.7 Å². The van der Waals surface area contributed by atoms with Gasteiger partial charge >= 0.3 is 0 Å². The molecule has 0 aliphatic carbocycles.